The summed E-state index contributed by atoms with van der Waals surface area (Å²) in [7, 11) is 1.83. The van der Waals surface area contributed by atoms with Gasteiger partial charge in [0.25, 0.3) is 5.91 Å². The first kappa shape index (κ1) is 24.7. The van der Waals surface area contributed by atoms with Gasteiger partial charge in [0.2, 0.25) is 5.91 Å². The van der Waals surface area contributed by atoms with Crippen LogP contribution >= 0.6 is 34.7 Å². The number of rotatable bonds is 9. The summed E-state index contributed by atoms with van der Waals surface area (Å²) in [6.07, 6.45) is 0.570. The number of halogens is 1. The fourth-order valence-electron chi connectivity index (χ4n) is 2.99. The lowest BCUT2D eigenvalue weighted by atomic mass is 10.1. The molecule has 0 saturated carbocycles. The minimum Gasteiger partial charge on any atom is -0.462 e. The molecule has 2 amide bonds. The zero-order valence-electron chi connectivity index (χ0n) is 18.2. The minimum atomic E-state index is -0.676. The molecule has 0 unspecified atom stereocenters. The summed E-state index contributed by atoms with van der Waals surface area (Å²) in [5, 5.41) is 12.5. The second-order valence-corrected chi connectivity index (χ2v) is 9.34. The van der Waals surface area contributed by atoms with Crippen molar-refractivity contribution in [2.24, 2.45) is 12.8 Å². The summed E-state index contributed by atoms with van der Waals surface area (Å²) < 4.78 is 6.87. The van der Waals surface area contributed by atoms with Crippen molar-refractivity contribution in [2.75, 3.05) is 17.7 Å². The Morgan fingerprint density at radius 2 is 1.94 bits per heavy atom. The van der Waals surface area contributed by atoms with Crippen LogP contribution in [0.15, 0.2) is 29.4 Å². The second-order valence-electron chi connectivity index (χ2n) is 6.94. The van der Waals surface area contributed by atoms with Gasteiger partial charge in [-0.3, -0.25) is 9.59 Å². The zero-order chi connectivity index (χ0) is 24.1. The van der Waals surface area contributed by atoms with Crippen molar-refractivity contribution < 1.29 is 19.1 Å². The van der Waals surface area contributed by atoms with Crippen LogP contribution in [0.3, 0.4) is 0 Å². The van der Waals surface area contributed by atoms with Gasteiger partial charge in [-0.15, -0.1) is 21.5 Å². The number of hydrogen-bond donors (Lipinski definition) is 2. The van der Waals surface area contributed by atoms with E-state index in [9.17, 15) is 14.4 Å². The highest BCUT2D eigenvalue weighted by Crippen LogP contribution is 2.33. The highest BCUT2D eigenvalue weighted by Gasteiger charge is 2.25. The number of thiophene rings is 1. The molecule has 2 heterocycles. The number of anilines is 1. The molecule has 1 aromatic carbocycles. The van der Waals surface area contributed by atoms with Gasteiger partial charge in [-0.25, -0.2) is 4.79 Å². The third-order valence-electron chi connectivity index (χ3n) is 4.64. The standard InChI is InChI=1S/C21H22ClN5O4S2/c1-4-31-20(30)16-11(2)17(18(23)29)33-19(16)24-15(28)10-32-21-26-25-14(27(21)3)9-12-5-7-13(22)8-6-12/h5-8H,4,9-10H2,1-3H3,(H2,23,29)(H,24,28). The van der Waals surface area contributed by atoms with Gasteiger partial charge in [0.05, 0.1) is 22.8 Å². The van der Waals surface area contributed by atoms with E-state index >= 15 is 0 Å². The molecule has 0 aliphatic heterocycles. The number of carbonyl (C=O) groups excluding carboxylic acids is 3. The van der Waals surface area contributed by atoms with Gasteiger partial charge >= 0.3 is 5.97 Å². The van der Waals surface area contributed by atoms with Crippen LogP contribution in [-0.2, 0) is 23.0 Å². The molecule has 174 valence electrons. The fraction of sp³-hybridized carbons (Fsp3) is 0.286. The lowest BCUT2D eigenvalue weighted by molar-refractivity contribution is -0.113. The van der Waals surface area contributed by atoms with Crippen LogP contribution in [0, 0.1) is 6.92 Å². The third-order valence-corrected chi connectivity index (χ3v) is 7.13. The maximum atomic E-state index is 12.6. The summed E-state index contributed by atoms with van der Waals surface area (Å²) in [6.45, 7) is 3.42. The summed E-state index contributed by atoms with van der Waals surface area (Å²) in [5.74, 6) is -0.903. The van der Waals surface area contributed by atoms with Crippen molar-refractivity contribution in [3.8, 4) is 0 Å². The Labute approximate surface area is 203 Å². The zero-order valence-corrected chi connectivity index (χ0v) is 20.6. The Balaban J connectivity index is 1.68. The van der Waals surface area contributed by atoms with Crippen LogP contribution in [0.1, 0.15) is 43.9 Å². The van der Waals surface area contributed by atoms with E-state index in [1.807, 2.05) is 35.9 Å². The lowest BCUT2D eigenvalue weighted by Gasteiger charge is -2.07. The van der Waals surface area contributed by atoms with Gasteiger partial charge in [0.15, 0.2) is 5.16 Å². The molecule has 0 atom stereocenters. The second kappa shape index (κ2) is 10.8. The number of nitrogens with two attached hydrogens (primary N) is 1. The number of primary amides is 1. The number of carbonyl (C=O) groups is 3. The van der Waals surface area contributed by atoms with Gasteiger partial charge in [-0.05, 0) is 37.1 Å². The number of aromatic nitrogens is 3. The number of nitrogens with one attached hydrogen (secondary N) is 1. The first-order valence-corrected chi connectivity index (χ1v) is 12.0. The molecule has 0 bridgehead atoms. The number of nitrogens with zero attached hydrogens (tertiary/aromatic N) is 3. The summed E-state index contributed by atoms with van der Waals surface area (Å²) >= 11 is 8.08. The van der Waals surface area contributed by atoms with E-state index in [2.05, 4.69) is 15.5 Å². The highest BCUT2D eigenvalue weighted by molar-refractivity contribution is 7.99. The van der Waals surface area contributed by atoms with Crippen molar-refractivity contribution in [1.29, 1.82) is 0 Å². The summed E-state index contributed by atoms with van der Waals surface area (Å²) in [4.78, 5) is 36.8. The maximum absolute atomic E-state index is 12.6. The van der Waals surface area contributed by atoms with Gasteiger partial charge in [-0.1, -0.05) is 35.5 Å². The molecule has 3 aromatic rings. The van der Waals surface area contributed by atoms with Gasteiger partial charge < -0.3 is 20.4 Å². The average molecular weight is 508 g/mol. The van der Waals surface area contributed by atoms with Crippen LogP contribution in [0.4, 0.5) is 5.00 Å². The largest absolute Gasteiger partial charge is 0.462 e. The number of hydrogen-bond acceptors (Lipinski definition) is 8. The monoisotopic (exact) mass is 507 g/mol. The number of amides is 2. The van der Waals surface area contributed by atoms with Crippen molar-refractivity contribution in [2.45, 2.75) is 25.4 Å². The Kier molecular flexibility index (Phi) is 8.11. The number of ether oxygens (including phenoxy) is 1. The normalized spacial score (nSPS) is 10.8. The number of esters is 1. The van der Waals surface area contributed by atoms with E-state index in [0.29, 0.717) is 22.2 Å². The molecule has 0 aliphatic carbocycles. The molecular formula is C21H22ClN5O4S2. The van der Waals surface area contributed by atoms with Crippen molar-refractivity contribution >= 4 is 57.5 Å². The quantitative estimate of drug-likeness (QED) is 0.335. The fourth-order valence-corrected chi connectivity index (χ4v) is 4.91. The Hall–Kier alpha value is -2.89. The van der Waals surface area contributed by atoms with Crippen LogP contribution in [0.25, 0.3) is 0 Å². The summed E-state index contributed by atoms with van der Waals surface area (Å²) in [5.41, 5.74) is 6.95. The predicted molar refractivity (Wildman–Crippen MR) is 128 cm³/mol. The SMILES string of the molecule is CCOC(=O)c1c(NC(=O)CSc2nnc(Cc3ccc(Cl)cc3)n2C)sc(C(N)=O)c1C. The van der Waals surface area contributed by atoms with E-state index < -0.39 is 11.9 Å². The average Bonchev–Trinajstić information content (AvgIpc) is 3.28. The van der Waals surface area contributed by atoms with Crippen LogP contribution in [0.5, 0.6) is 0 Å². The third kappa shape index (κ3) is 5.92. The molecule has 0 aliphatic rings. The molecule has 0 fully saturated rings. The lowest BCUT2D eigenvalue weighted by Crippen LogP contribution is -2.17. The van der Waals surface area contributed by atoms with Crippen LogP contribution in [-0.4, -0.2) is 44.9 Å². The smallest absolute Gasteiger partial charge is 0.341 e. The molecular weight excluding hydrogens is 486 g/mol. The van der Waals surface area contributed by atoms with Crippen LogP contribution in [0.2, 0.25) is 5.02 Å². The Morgan fingerprint density at radius 1 is 1.24 bits per heavy atom. The van der Waals surface area contributed by atoms with E-state index in [0.717, 1.165) is 22.7 Å². The minimum absolute atomic E-state index is 0.0258. The van der Waals surface area contributed by atoms with Crippen molar-refractivity contribution in [3.63, 3.8) is 0 Å². The van der Waals surface area contributed by atoms with Crippen LogP contribution < -0.4 is 11.1 Å². The Bertz CT molecular complexity index is 1190. The number of thioether (sulfide) groups is 1. The highest BCUT2D eigenvalue weighted by atomic mass is 35.5. The number of benzene rings is 1. The molecule has 0 saturated heterocycles. The Morgan fingerprint density at radius 3 is 2.58 bits per heavy atom. The van der Waals surface area contributed by atoms with Gasteiger partial charge in [-0.2, -0.15) is 0 Å². The molecule has 0 radical (unpaired) electrons. The predicted octanol–water partition coefficient (Wildman–Crippen LogP) is 3.44. The molecule has 9 nitrogen and oxygen atoms in total. The maximum Gasteiger partial charge on any atom is 0.341 e. The van der Waals surface area contributed by atoms with E-state index in [-0.39, 0.29) is 33.7 Å². The van der Waals surface area contributed by atoms with Gasteiger partial charge in [0.1, 0.15) is 10.8 Å². The van der Waals surface area contributed by atoms with Crippen molar-refractivity contribution in [3.05, 3.63) is 56.7 Å². The van der Waals surface area contributed by atoms with E-state index in [4.69, 9.17) is 22.1 Å². The molecule has 12 heteroatoms. The first-order chi connectivity index (χ1) is 15.7. The summed E-state index contributed by atoms with van der Waals surface area (Å²) in [6, 6.07) is 7.46. The molecule has 3 rings (SSSR count). The molecule has 0 spiro atoms. The molecule has 3 N–H and O–H groups in total. The topological polar surface area (TPSA) is 129 Å². The van der Waals surface area contributed by atoms with E-state index in [1.54, 1.807) is 13.8 Å². The van der Waals surface area contributed by atoms with Gasteiger partial charge in [0, 0.05) is 18.5 Å². The van der Waals surface area contributed by atoms with Crippen molar-refractivity contribution in [1.82, 2.24) is 14.8 Å². The molecule has 33 heavy (non-hydrogen) atoms. The first-order valence-electron chi connectivity index (χ1n) is 9.86. The molecule has 2 aromatic heterocycles. The van der Waals surface area contributed by atoms with E-state index in [1.165, 1.54) is 11.8 Å².